The summed E-state index contributed by atoms with van der Waals surface area (Å²) in [5, 5.41) is -0.0143. The Kier molecular flexibility index (Phi) is 4.07. The van der Waals surface area contributed by atoms with Crippen molar-refractivity contribution in [2.75, 3.05) is 6.54 Å². The maximum absolute atomic E-state index is 13.0. The molecule has 0 aliphatic rings. The predicted octanol–water partition coefficient (Wildman–Crippen LogP) is 1.92. The minimum absolute atomic E-state index is 0.0143. The van der Waals surface area contributed by atoms with Gasteiger partial charge in [-0.25, -0.2) is 17.5 Å². The van der Waals surface area contributed by atoms with E-state index in [2.05, 4.69) is 4.72 Å². The van der Waals surface area contributed by atoms with E-state index in [1.54, 1.807) is 6.92 Å². The van der Waals surface area contributed by atoms with Gasteiger partial charge in [0.05, 0.1) is 10.8 Å². The molecule has 0 aromatic heterocycles. The summed E-state index contributed by atoms with van der Waals surface area (Å²) < 4.78 is 38.0. The van der Waals surface area contributed by atoms with Crippen LogP contribution in [0, 0.1) is 5.82 Å². The third kappa shape index (κ3) is 3.77. The summed E-state index contributed by atoms with van der Waals surface area (Å²) in [6.45, 7) is 2.00. The molecule has 84 valence electrons. The molecule has 0 saturated carbocycles. The standard InChI is InChI=1S/C9H11ClFNO2S/c1-2-12-15(13,14)6-7-3-4-8(10)9(11)5-7/h3-5,12H,2,6H2,1H3. The van der Waals surface area contributed by atoms with Gasteiger partial charge in [-0.1, -0.05) is 24.6 Å². The normalized spacial score (nSPS) is 11.7. The van der Waals surface area contributed by atoms with E-state index in [1.807, 2.05) is 0 Å². The molecule has 0 bridgehead atoms. The van der Waals surface area contributed by atoms with Crippen molar-refractivity contribution in [1.29, 1.82) is 0 Å². The van der Waals surface area contributed by atoms with Crippen LogP contribution in [-0.4, -0.2) is 15.0 Å². The summed E-state index contributed by atoms with van der Waals surface area (Å²) >= 11 is 5.47. The van der Waals surface area contributed by atoms with Gasteiger partial charge in [-0.15, -0.1) is 0 Å². The van der Waals surface area contributed by atoms with Crippen molar-refractivity contribution in [3.63, 3.8) is 0 Å². The molecule has 0 atom stereocenters. The van der Waals surface area contributed by atoms with Gasteiger partial charge in [0.15, 0.2) is 0 Å². The van der Waals surface area contributed by atoms with Crippen molar-refractivity contribution in [2.24, 2.45) is 0 Å². The van der Waals surface area contributed by atoms with Crippen LogP contribution >= 0.6 is 11.6 Å². The van der Waals surface area contributed by atoms with E-state index in [1.165, 1.54) is 12.1 Å². The third-order valence-corrected chi connectivity index (χ3v) is 3.45. The van der Waals surface area contributed by atoms with Crippen LogP contribution in [0.2, 0.25) is 5.02 Å². The summed E-state index contributed by atoms with van der Waals surface area (Å²) in [5.74, 6) is -0.851. The Bertz CT molecular complexity index is 447. The SMILES string of the molecule is CCNS(=O)(=O)Cc1ccc(Cl)c(F)c1. The lowest BCUT2D eigenvalue weighted by Gasteiger charge is -2.04. The molecule has 0 heterocycles. The molecule has 0 aliphatic carbocycles. The zero-order valence-corrected chi connectivity index (χ0v) is 9.70. The second-order valence-electron chi connectivity index (χ2n) is 3.01. The molecule has 3 nitrogen and oxygen atoms in total. The minimum atomic E-state index is -3.37. The second kappa shape index (κ2) is 4.92. The number of rotatable bonds is 4. The van der Waals surface area contributed by atoms with Gasteiger partial charge in [0.1, 0.15) is 5.82 Å². The fourth-order valence-electron chi connectivity index (χ4n) is 1.12. The summed E-state index contributed by atoms with van der Waals surface area (Å²) in [7, 11) is -3.37. The Hall–Kier alpha value is -0.650. The zero-order valence-electron chi connectivity index (χ0n) is 8.13. The highest BCUT2D eigenvalue weighted by molar-refractivity contribution is 7.88. The molecule has 6 heteroatoms. The fourth-order valence-corrected chi connectivity index (χ4v) is 2.40. The summed E-state index contributed by atoms with van der Waals surface area (Å²) in [5.41, 5.74) is 0.373. The van der Waals surface area contributed by atoms with Crippen LogP contribution in [0.15, 0.2) is 18.2 Å². The molecule has 1 N–H and O–H groups in total. The summed E-state index contributed by atoms with van der Waals surface area (Å²) in [6.07, 6.45) is 0. The molecule has 0 aliphatic heterocycles. The molecule has 0 amide bonds. The molecule has 0 radical (unpaired) electrons. The maximum Gasteiger partial charge on any atom is 0.215 e. The molecule has 0 fully saturated rings. The van der Waals surface area contributed by atoms with Crippen molar-refractivity contribution in [3.8, 4) is 0 Å². The number of hydrogen-bond acceptors (Lipinski definition) is 2. The quantitative estimate of drug-likeness (QED) is 0.889. The first-order valence-corrected chi connectivity index (χ1v) is 6.39. The monoisotopic (exact) mass is 251 g/mol. The van der Waals surface area contributed by atoms with Crippen molar-refractivity contribution in [2.45, 2.75) is 12.7 Å². The van der Waals surface area contributed by atoms with E-state index in [4.69, 9.17) is 11.6 Å². The first-order chi connectivity index (χ1) is 6.94. The van der Waals surface area contributed by atoms with Gasteiger partial charge in [-0.05, 0) is 17.7 Å². The predicted molar refractivity (Wildman–Crippen MR) is 57.7 cm³/mol. The fraction of sp³-hybridized carbons (Fsp3) is 0.333. The van der Waals surface area contributed by atoms with E-state index in [0.717, 1.165) is 6.07 Å². The molecule has 0 saturated heterocycles. The third-order valence-electron chi connectivity index (χ3n) is 1.70. The smallest absolute Gasteiger partial charge is 0.215 e. The number of hydrogen-bond donors (Lipinski definition) is 1. The van der Waals surface area contributed by atoms with Gasteiger partial charge in [0.25, 0.3) is 0 Å². The van der Waals surface area contributed by atoms with Crippen LogP contribution in [-0.2, 0) is 15.8 Å². The van der Waals surface area contributed by atoms with Crippen LogP contribution in [0.5, 0.6) is 0 Å². The van der Waals surface area contributed by atoms with E-state index < -0.39 is 15.8 Å². The Morgan fingerprint density at radius 1 is 1.47 bits per heavy atom. The Labute approximate surface area is 93.3 Å². The zero-order chi connectivity index (χ0) is 11.5. The van der Waals surface area contributed by atoms with Crippen molar-refractivity contribution < 1.29 is 12.8 Å². The van der Waals surface area contributed by atoms with Crippen molar-refractivity contribution in [3.05, 3.63) is 34.6 Å². The van der Waals surface area contributed by atoms with Crippen LogP contribution in [0.3, 0.4) is 0 Å². The van der Waals surface area contributed by atoms with E-state index in [0.29, 0.717) is 12.1 Å². The van der Waals surface area contributed by atoms with Gasteiger partial charge in [-0.3, -0.25) is 0 Å². The van der Waals surface area contributed by atoms with Crippen LogP contribution < -0.4 is 4.72 Å². The highest BCUT2D eigenvalue weighted by Gasteiger charge is 2.11. The van der Waals surface area contributed by atoms with Crippen LogP contribution in [0.1, 0.15) is 12.5 Å². The molecule has 0 unspecified atom stereocenters. The van der Waals surface area contributed by atoms with Gasteiger partial charge in [0.2, 0.25) is 10.0 Å². The number of halogens is 2. The summed E-state index contributed by atoms with van der Waals surface area (Å²) in [4.78, 5) is 0. The lowest BCUT2D eigenvalue weighted by Crippen LogP contribution is -2.24. The largest absolute Gasteiger partial charge is 0.215 e. The van der Waals surface area contributed by atoms with Gasteiger partial charge >= 0.3 is 0 Å². The molecular weight excluding hydrogens is 241 g/mol. The average molecular weight is 252 g/mol. The lowest BCUT2D eigenvalue weighted by molar-refractivity contribution is 0.582. The molecule has 1 aromatic carbocycles. The Morgan fingerprint density at radius 2 is 2.13 bits per heavy atom. The number of sulfonamides is 1. The molecular formula is C9H11ClFNO2S. The molecule has 1 aromatic rings. The van der Waals surface area contributed by atoms with Crippen LogP contribution in [0.4, 0.5) is 4.39 Å². The molecule has 0 spiro atoms. The number of nitrogens with one attached hydrogen (secondary N) is 1. The minimum Gasteiger partial charge on any atom is -0.215 e. The van der Waals surface area contributed by atoms with Gasteiger partial charge in [0, 0.05) is 6.54 Å². The molecule has 15 heavy (non-hydrogen) atoms. The maximum atomic E-state index is 13.0. The summed E-state index contributed by atoms with van der Waals surface area (Å²) in [6, 6.07) is 3.95. The van der Waals surface area contributed by atoms with Crippen LogP contribution in [0.25, 0.3) is 0 Å². The van der Waals surface area contributed by atoms with Crippen molar-refractivity contribution in [1.82, 2.24) is 4.72 Å². The second-order valence-corrected chi connectivity index (χ2v) is 5.22. The van der Waals surface area contributed by atoms with Gasteiger partial charge in [-0.2, -0.15) is 0 Å². The highest BCUT2D eigenvalue weighted by atomic mass is 35.5. The average Bonchev–Trinajstić information content (AvgIpc) is 2.10. The molecule has 1 rings (SSSR count). The first kappa shape index (κ1) is 12.4. The lowest BCUT2D eigenvalue weighted by atomic mass is 10.2. The van der Waals surface area contributed by atoms with Crippen molar-refractivity contribution >= 4 is 21.6 Å². The van der Waals surface area contributed by atoms with E-state index in [9.17, 15) is 12.8 Å². The first-order valence-electron chi connectivity index (χ1n) is 4.36. The Morgan fingerprint density at radius 3 is 2.67 bits per heavy atom. The highest BCUT2D eigenvalue weighted by Crippen LogP contribution is 2.16. The van der Waals surface area contributed by atoms with E-state index >= 15 is 0 Å². The van der Waals surface area contributed by atoms with E-state index in [-0.39, 0.29) is 10.8 Å². The topological polar surface area (TPSA) is 46.2 Å². The number of benzene rings is 1. The van der Waals surface area contributed by atoms with Gasteiger partial charge < -0.3 is 0 Å². The Balaban J connectivity index is 2.86.